The second kappa shape index (κ2) is 10.1. The van der Waals surface area contributed by atoms with E-state index in [9.17, 15) is 9.59 Å². The van der Waals surface area contributed by atoms with E-state index in [2.05, 4.69) is 5.10 Å². The minimum Gasteiger partial charge on any atom is -0.480 e. The molecule has 1 fully saturated rings. The number of hydrogen-bond acceptors (Lipinski definition) is 5. The Labute approximate surface area is 171 Å². The van der Waals surface area contributed by atoms with Crippen LogP contribution in [-0.4, -0.2) is 53.4 Å². The van der Waals surface area contributed by atoms with Crippen LogP contribution in [0, 0.1) is 5.92 Å². The van der Waals surface area contributed by atoms with Crippen molar-refractivity contribution in [3.05, 3.63) is 42.2 Å². The van der Waals surface area contributed by atoms with E-state index in [1.807, 2.05) is 30.3 Å². The molecule has 0 saturated heterocycles. The average Bonchev–Trinajstić information content (AvgIpc) is 3.18. The molecule has 29 heavy (non-hydrogen) atoms. The zero-order valence-electron chi connectivity index (χ0n) is 17.2. The van der Waals surface area contributed by atoms with Gasteiger partial charge in [-0.25, -0.2) is 9.48 Å². The molecule has 0 radical (unpaired) electrons. The Balaban J connectivity index is 1.67. The number of aromatic nitrogens is 2. The van der Waals surface area contributed by atoms with Gasteiger partial charge in [-0.1, -0.05) is 37.5 Å². The number of esters is 1. The molecule has 1 aliphatic carbocycles. The Morgan fingerprint density at radius 1 is 1.17 bits per heavy atom. The third-order valence-corrected chi connectivity index (χ3v) is 5.20. The van der Waals surface area contributed by atoms with Crippen LogP contribution in [0.5, 0.6) is 5.75 Å². The van der Waals surface area contributed by atoms with Gasteiger partial charge in [-0.3, -0.25) is 4.79 Å². The minimum atomic E-state index is -0.569. The van der Waals surface area contributed by atoms with E-state index in [1.165, 1.54) is 32.1 Å². The second-order valence-corrected chi connectivity index (χ2v) is 7.41. The standard InChI is InChI=1S/C22H29N3O4/c1-3-28-22(27)21-19(15-25(23-21)18-12-8-5-9-13-18)29-16-20(26)24(2)14-17-10-6-4-7-11-17/h5,8-9,12-13,15,17H,3-4,6-7,10-11,14,16H2,1-2H3. The first kappa shape index (κ1) is 20.9. The van der Waals surface area contributed by atoms with E-state index in [1.54, 1.807) is 29.7 Å². The number of ether oxygens (including phenoxy) is 2. The lowest BCUT2D eigenvalue weighted by molar-refractivity contribution is -0.132. The molecule has 156 valence electrons. The predicted octanol–water partition coefficient (Wildman–Crippen LogP) is 3.47. The Morgan fingerprint density at radius 2 is 1.90 bits per heavy atom. The molecule has 0 N–H and O–H groups in total. The van der Waals surface area contributed by atoms with E-state index >= 15 is 0 Å². The number of amides is 1. The highest BCUT2D eigenvalue weighted by molar-refractivity contribution is 5.90. The third-order valence-electron chi connectivity index (χ3n) is 5.20. The number of nitrogens with zero attached hydrogens (tertiary/aromatic N) is 3. The van der Waals surface area contributed by atoms with Crippen molar-refractivity contribution in [2.24, 2.45) is 5.92 Å². The van der Waals surface area contributed by atoms with Gasteiger partial charge in [0.15, 0.2) is 12.4 Å². The van der Waals surface area contributed by atoms with E-state index in [0.29, 0.717) is 5.92 Å². The van der Waals surface area contributed by atoms with Gasteiger partial charge in [0, 0.05) is 13.6 Å². The molecule has 1 saturated carbocycles. The van der Waals surface area contributed by atoms with Crippen LogP contribution in [0.3, 0.4) is 0 Å². The molecule has 0 atom stereocenters. The molecule has 3 rings (SSSR count). The molecular formula is C22H29N3O4. The number of rotatable bonds is 8. The second-order valence-electron chi connectivity index (χ2n) is 7.41. The average molecular weight is 399 g/mol. The van der Waals surface area contributed by atoms with Crippen LogP contribution >= 0.6 is 0 Å². The lowest BCUT2D eigenvalue weighted by Crippen LogP contribution is -2.35. The predicted molar refractivity (Wildman–Crippen MR) is 109 cm³/mol. The lowest BCUT2D eigenvalue weighted by Gasteiger charge is -2.27. The first-order valence-electron chi connectivity index (χ1n) is 10.3. The number of carbonyl (C=O) groups excluding carboxylic acids is 2. The highest BCUT2D eigenvalue weighted by Crippen LogP contribution is 2.24. The summed E-state index contributed by atoms with van der Waals surface area (Å²) in [4.78, 5) is 26.5. The maximum Gasteiger partial charge on any atom is 0.362 e. The number of carbonyl (C=O) groups is 2. The molecule has 0 aliphatic heterocycles. The molecule has 1 aromatic heterocycles. The fourth-order valence-electron chi connectivity index (χ4n) is 3.63. The summed E-state index contributed by atoms with van der Waals surface area (Å²) in [5, 5.41) is 4.31. The quantitative estimate of drug-likeness (QED) is 0.636. The van der Waals surface area contributed by atoms with Crippen molar-refractivity contribution in [2.75, 3.05) is 26.8 Å². The van der Waals surface area contributed by atoms with Gasteiger partial charge in [-0.2, -0.15) is 5.10 Å². The third kappa shape index (κ3) is 5.59. The number of para-hydroxylation sites is 1. The van der Waals surface area contributed by atoms with Crippen LogP contribution in [0.4, 0.5) is 0 Å². The summed E-state index contributed by atoms with van der Waals surface area (Å²) in [5.74, 6) is 0.123. The number of benzene rings is 1. The fraction of sp³-hybridized carbons (Fsp3) is 0.500. The number of likely N-dealkylation sites (N-methyl/N-ethyl adjacent to an activating group) is 1. The normalized spacial score (nSPS) is 14.4. The van der Waals surface area contributed by atoms with Gasteiger partial charge in [0.2, 0.25) is 5.69 Å². The Kier molecular flexibility index (Phi) is 7.27. The fourth-order valence-corrected chi connectivity index (χ4v) is 3.63. The zero-order valence-corrected chi connectivity index (χ0v) is 17.2. The first-order valence-corrected chi connectivity index (χ1v) is 10.3. The molecule has 1 amide bonds. The highest BCUT2D eigenvalue weighted by atomic mass is 16.5. The molecule has 7 nitrogen and oxygen atoms in total. The van der Waals surface area contributed by atoms with Crippen molar-refractivity contribution in [1.82, 2.24) is 14.7 Å². The molecule has 1 aliphatic rings. The monoisotopic (exact) mass is 399 g/mol. The van der Waals surface area contributed by atoms with Gasteiger partial charge in [-0.15, -0.1) is 0 Å². The SMILES string of the molecule is CCOC(=O)c1nn(-c2ccccc2)cc1OCC(=O)N(C)CC1CCCCC1. The minimum absolute atomic E-state index is 0.0680. The topological polar surface area (TPSA) is 73.7 Å². The smallest absolute Gasteiger partial charge is 0.362 e. The summed E-state index contributed by atoms with van der Waals surface area (Å²) >= 11 is 0. The summed E-state index contributed by atoms with van der Waals surface area (Å²) < 4.78 is 12.3. The van der Waals surface area contributed by atoms with E-state index in [-0.39, 0.29) is 30.6 Å². The summed E-state index contributed by atoms with van der Waals surface area (Å²) in [6.07, 6.45) is 7.73. The molecular weight excluding hydrogens is 370 g/mol. The molecule has 1 aromatic carbocycles. The first-order chi connectivity index (χ1) is 14.1. The van der Waals surface area contributed by atoms with Crippen LogP contribution in [0.15, 0.2) is 36.5 Å². The lowest BCUT2D eigenvalue weighted by atomic mass is 9.89. The molecule has 7 heteroatoms. The van der Waals surface area contributed by atoms with Crippen LogP contribution in [0.2, 0.25) is 0 Å². The van der Waals surface area contributed by atoms with Crippen LogP contribution in [0.1, 0.15) is 49.5 Å². The molecule has 1 heterocycles. The summed E-state index contributed by atoms with van der Waals surface area (Å²) in [7, 11) is 1.81. The summed E-state index contributed by atoms with van der Waals surface area (Å²) in [6.45, 7) is 2.57. The summed E-state index contributed by atoms with van der Waals surface area (Å²) in [5.41, 5.74) is 0.854. The Bertz CT molecular complexity index is 813. The van der Waals surface area contributed by atoms with Gasteiger partial charge in [0.05, 0.1) is 18.5 Å². The molecule has 0 unspecified atom stereocenters. The zero-order chi connectivity index (χ0) is 20.6. The maximum atomic E-state index is 12.5. The van der Waals surface area contributed by atoms with E-state index in [4.69, 9.17) is 9.47 Å². The van der Waals surface area contributed by atoms with Gasteiger partial charge < -0.3 is 14.4 Å². The van der Waals surface area contributed by atoms with E-state index in [0.717, 1.165) is 12.2 Å². The van der Waals surface area contributed by atoms with Crippen molar-refractivity contribution in [2.45, 2.75) is 39.0 Å². The van der Waals surface area contributed by atoms with E-state index < -0.39 is 5.97 Å². The maximum absolute atomic E-state index is 12.5. The highest BCUT2D eigenvalue weighted by Gasteiger charge is 2.23. The molecule has 0 spiro atoms. The van der Waals surface area contributed by atoms with Crippen LogP contribution < -0.4 is 4.74 Å². The Morgan fingerprint density at radius 3 is 2.59 bits per heavy atom. The van der Waals surface area contributed by atoms with Crippen molar-refractivity contribution in [3.63, 3.8) is 0 Å². The van der Waals surface area contributed by atoms with Gasteiger partial charge in [0.1, 0.15) is 0 Å². The van der Waals surface area contributed by atoms with Gasteiger partial charge in [0.25, 0.3) is 5.91 Å². The van der Waals surface area contributed by atoms with Gasteiger partial charge in [-0.05, 0) is 37.8 Å². The molecule has 2 aromatic rings. The van der Waals surface area contributed by atoms with Crippen LogP contribution in [-0.2, 0) is 9.53 Å². The van der Waals surface area contributed by atoms with Crippen molar-refractivity contribution in [3.8, 4) is 11.4 Å². The van der Waals surface area contributed by atoms with Crippen molar-refractivity contribution in [1.29, 1.82) is 0 Å². The van der Waals surface area contributed by atoms with Crippen molar-refractivity contribution >= 4 is 11.9 Å². The number of hydrogen-bond donors (Lipinski definition) is 0. The summed E-state index contributed by atoms with van der Waals surface area (Å²) in [6, 6.07) is 9.40. The largest absolute Gasteiger partial charge is 0.480 e. The van der Waals surface area contributed by atoms with Gasteiger partial charge >= 0.3 is 5.97 Å². The van der Waals surface area contributed by atoms with Crippen LogP contribution in [0.25, 0.3) is 5.69 Å². The Hall–Kier alpha value is -2.83. The molecule has 0 bridgehead atoms. The van der Waals surface area contributed by atoms with Crippen molar-refractivity contribution < 1.29 is 19.1 Å².